The van der Waals surface area contributed by atoms with Crippen molar-refractivity contribution in [1.82, 2.24) is 0 Å². The summed E-state index contributed by atoms with van der Waals surface area (Å²) in [4.78, 5) is 12.0. The molecule has 1 aromatic carbocycles. The lowest BCUT2D eigenvalue weighted by molar-refractivity contribution is 0.0727. The number of rotatable bonds is 10. The molecule has 0 amide bonds. The molecule has 0 fully saturated rings. The number of ether oxygens (including phenoxy) is 1. The quantitative estimate of drug-likeness (QED) is 0.456. The standard InChI is InChI=1S/C18H24O3/c1-2-3-4-5-6-9-12-20-14-16(19)18-13-15-10-7-8-11-17(15)21-18/h7-8,10-11,13H,2-6,9,12,14H2,1H3. The van der Waals surface area contributed by atoms with Crippen LogP contribution in [0.4, 0.5) is 0 Å². The van der Waals surface area contributed by atoms with E-state index in [-0.39, 0.29) is 12.4 Å². The van der Waals surface area contributed by atoms with Crippen LogP contribution in [0.1, 0.15) is 56.0 Å². The fraction of sp³-hybridized carbons (Fsp3) is 0.500. The second kappa shape index (κ2) is 8.63. The molecule has 0 aliphatic rings. The number of hydrogen-bond acceptors (Lipinski definition) is 3. The largest absolute Gasteiger partial charge is 0.453 e. The van der Waals surface area contributed by atoms with E-state index in [0.29, 0.717) is 12.4 Å². The van der Waals surface area contributed by atoms with E-state index >= 15 is 0 Å². The van der Waals surface area contributed by atoms with E-state index in [0.717, 1.165) is 17.4 Å². The zero-order chi connectivity index (χ0) is 14.9. The highest BCUT2D eigenvalue weighted by molar-refractivity contribution is 5.98. The van der Waals surface area contributed by atoms with Crippen LogP contribution in [-0.2, 0) is 4.74 Å². The second-order valence-electron chi connectivity index (χ2n) is 5.39. The average Bonchev–Trinajstić information content (AvgIpc) is 2.94. The van der Waals surface area contributed by atoms with Crippen LogP contribution in [0, 0.1) is 0 Å². The zero-order valence-corrected chi connectivity index (χ0v) is 12.8. The molecular formula is C18H24O3. The molecule has 21 heavy (non-hydrogen) atoms. The number of Topliss-reactive ketones (excluding diaryl/α,β-unsaturated/α-hetero) is 1. The lowest BCUT2D eigenvalue weighted by Gasteiger charge is -2.02. The van der Waals surface area contributed by atoms with E-state index in [2.05, 4.69) is 6.92 Å². The first-order valence-corrected chi connectivity index (χ1v) is 7.91. The second-order valence-corrected chi connectivity index (χ2v) is 5.39. The predicted molar refractivity (Wildman–Crippen MR) is 84.7 cm³/mol. The summed E-state index contributed by atoms with van der Waals surface area (Å²) in [7, 11) is 0. The van der Waals surface area contributed by atoms with Gasteiger partial charge in [-0.2, -0.15) is 0 Å². The lowest BCUT2D eigenvalue weighted by Crippen LogP contribution is -2.08. The Kier molecular flexibility index (Phi) is 6.48. The van der Waals surface area contributed by atoms with Crippen LogP contribution in [0.15, 0.2) is 34.7 Å². The third-order valence-electron chi connectivity index (χ3n) is 3.58. The molecule has 0 radical (unpaired) electrons. The molecule has 0 unspecified atom stereocenters. The van der Waals surface area contributed by atoms with Gasteiger partial charge in [0.25, 0.3) is 0 Å². The van der Waals surface area contributed by atoms with Crippen LogP contribution in [-0.4, -0.2) is 19.0 Å². The van der Waals surface area contributed by atoms with E-state index in [1.807, 2.05) is 24.3 Å². The highest BCUT2D eigenvalue weighted by Crippen LogP contribution is 2.19. The predicted octanol–water partition coefficient (Wildman–Crippen LogP) is 4.99. The molecule has 0 aliphatic carbocycles. The van der Waals surface area contributed by atoms with Crippen molar-refractivity contribution in [2.24, 2.45) is 0 Å². The molecule has 0 spiro atoms. The normalized spacial score (nSPS) is 11.1. The summed E-state index contributed by atoms with van der Waals surface area (Å²) in [5, 5.41) is 0.955. The Morgan fingerprint density at radius 1 is 1.10 bits per heavy atom. The van der Waals surface area contributed by atoms with Crippen molar-refractivity contribution in [1.29, 1.82) is 0 Å². The average molecular weight is 288 g/mol. The SMILES string of the molecule is CCCCCCCCOCC(=O)c1cc2ccccc2o1. The molecule has 0 saturated heterocycles. The minimum absolute atomic E-state index is 0.0859. The highest BCUT2D eigenvalue weighted by atomic mass is 16.5. The van der Waals surface area contributed by atoms with Gasteiger partial charge in [-0.25, -0.2) is 0 Å². The number of fused-ring (bicyclic) bond motifs is 1. The molecule has 3 nitrogen and oxygen atoms in total. The van der Waals surface area contributed by atoms with E-state index in [1.165, 1.54) is 32.1 Å². The first-order valence-electron chi connectivity index (χ1n) is 7.91. The van der Waals surface area contributed by atoms with Gasteiger partial charge in [-0.15, -0.1) is 0 Å². The number of para-hydroxylation sites is 1. The van der Waals surface area contributed by atoms with Crippen LogP contribution in [0.3, 0.4) is 0 Å². The van der Waals surface area contributed by atoms with Crippen molar-refractivity contribution in [2.45, 2.75) is 45.4 Å². The summed E-state index contributed by atoms with van der Waals surface area (Å²) in [5.41, 5.74) is 0.747. The van der Waals surface area contributed by atoms with Gasteiger partial charge in [0.05, 0.1) is 0 Å². The van der Waals surface area contributed by atoms with Gasteiger partial charge in [-0.1, -0.05) is 57.2 Å². The van der Waals surface area contributed by atoms with Gasteiger partial charge in [-0.3, -0.25) is 4.79 Å². The minimum Gasteiger partial charge on any atom is -0.453 e. The third-order valence-corrected chi connectivity index (χ3v) is 3.58. The number of ketones is 1. The van der Waals surface area contributed by atoms with Gasteiger partial charge in [0.15, 0.2) is 5.76 Å². The Morgan fingerprint density at radius 3 is 2.67 bits per heavy atom. The number of furan rings is 1. The smallest absolute Gasteiger partial charge is 0.223 e. The minimum atomic E-state index is -0.0859. The van der Waals surface area contributed by atoms with Crippen molar-refractivity contribution in [3.8, 4) is 0 Å². The van der Waals surface area contributed by atoms with Crippen molar-refractivity contribution in [2.75, 3.05) is 13.2 Å². The first-order chi connectivity index (χ1) is 10.3. The molecule has 0 bridgehead atoms. The van der Waals surface area contributed by atoms with Crippen molar-refractivity contribution >= 4 is 16.8 Å². The molecule has 1 heterocycles. The Labute approximate surface area is 126 Å². The van der Waals surface area contributed by atoms with E-state index in [1.54, 1.807) is 6.07 Å². The molecule has 0 aliphatic heterocycles. The van der Waals surface area contributed by atoms with E-state index in [9.17, 15) is 4.79 Å². The fourth-order valence-electron chi connectivity index (χ4n) is 2.34. The third kappa shape index (κ3) is 5.01. The molecule has 0 atom stereocenters. The van der Waals surface area contributed by atoms with Gasteiger partial charge in [-0.05, 0) is 18.6 Å². The highest BCUT2D eigenvalue weighted by Gasteiger charge is 2.11. The Morgan fingerprint density at radius 2 is 1.86 bits per heavy atom. The maximum Gasteiger partial charge on any atom is 0.223 e. The molecular weight excluding hydrogens is 264 g/mol. The van der Waals surface area contributed by atoms with Gasteiger partial charge in [0.1, 0.15) is 12.2 Å². The molecule has 2 rings (SSSR count). The first kappa shape index (κ1) is 15.8. The van der Waals surface area contributed by atoms with Crippen molar-refractivity contribution < 1.29 is 13.9 Å². The van der Waals surface area contributed by atoms with Crippen molar-refractivity contribution in [3.63, 3.8) is 0 Å². The van der Waals surface area contributed by atoms with Gasteiger partial charge < -0.3 is 9.15 Å². The summed E-state index contributed by atoms with van der Waals surface area (Å²) >= 11 is 0. The lowest BCUT2D eigenvalue weighted by atomic mass is 10.1. The number of carbonyl (C=O) groups is 1. The maximum atomic E-state index is 12.0. The Bertz CT molecular complexity index is 523. The monoisotopic (exact) mass is 288 g/mol. The van der Waals surface area contributed by atoms with E-state index in [4.69, 9.17) is 9.15 Å². The van der Waals surface area contributed by atoms with Crippen LogP contribution < -0.4 is 0 Å². The van der Waals surface area contributed by atoms with Gasteiger partial charge >= 0.3 is 0 Å². The van der Waals surface area contributed by atoms with Crippen molar-refractivity contribution in [3.05, 3.63) is 36.1 Å². The summed E-state index contributed by atoms with van der Waals surface area (Å²) in [6.45, 7) is 2.97. The molecule has 1 aromatic heterocycles. The summed E-state index contributed by atoms with van der Waals surface area (Å²) < 4.78 is 11.0. The Balaban J connectivity index is 1.65. The molecule has 114 valence electrons. The number of unbranched alkanes of at least 4 members (excludes halogenated alkanes) is 5. The van der Waals surface area contributed by atoms with Gasteiger partial charge in [0.2, 0.25) is 5.78 Å². The number of benzene rings is 1. The van der Waals surface area contributed by atoms with Crippen LogP contribution in [0.2, 0.25) is 0 Å². The zero-order valence-electron chi connectivity index (χ0n) is 12.8. The topological polar surface area (TPSA) is 39.4 Å². The van der Waals surface area contributed by atoms with Gasteiger partial charge in [0, 0.05) is 12.0 Å². The number of carbonyl (C=O) groups excluding carboxylic acids is 1. The van der Waals surface area contributed by atoms with Crippen LogP contribution in [0.25, 0.3) is 11.0 Å². The summed E-state index contributed by atoms with van der Waals surface area (Å²) in [5.74, 6) is 0.302. The maximum absolute atomic E-state index is 12.0. The van der Waals surface area contributed by atoms with Crippen LogP contribution >= 0.6 is 0 Å². The number of hydrogen-bond donors (Lipinski definition) is 0. The molecule has 0 N–H and O–H groups in total. The summed E-state index contributed by atoms with van der Waals surface area (Å²) in [6, 6.07) is 9.41. The molecule has 0 saturated carbocycles. The van der Waals surface area contributed by atoms with Crippen LogP contribution in [0.5, 0.6) is 0 Å². The molecule has 3 heteroatoms. The van der Waals surface area contributed by atoms with E-state index < -0.39 is 0 Å². The fourth-order valence-corrected chi connectivity index (χ4v) is 2.34. The molecule has 2 aromatic rings. The Hall–Kier alpha value is -1.61. The summed E-state index contributed by atoms with van der Waals surface area (Å²) in [6.07, 6.45) is 7.34.